The zero-order valence-corrected chi connectivity index (χ0v) is 15.1. The highest BCUT2D eigenvalue weighted by atomic mass is 16.1. The van der Waals surface area contributed by atoms with E-state index in [0.717, 1.165) is 35.5 Å². The van der Waals surface area contributed by atoms with Crippen LogP contribution >= 0.6 is 0 Å². The van der Waals surface area contributed by atoms with Crippen LogP contribution < -0.4 is 5.32 Å². The Bertz CT molecular complexity index is 494. The molecule has 0 atom stereocenters. The second kappa shape index (κ2) is 4.87. The summed E-state index contributed by atoms with van der Waals surface area (Å²) in [7, 11) is 0. The molecule has 0 heterocycles. The SMILES string of the molecule is O=C(CNC12CC3CC(CC(C3)C1)C2)C12CC3CC(CC(C3)C1)C2. The van der Waals surface area contributed by atoms with E-state index in [1.165, 1.54) is 77.0 Å². The van der Waals surface area contributed by atoms with Gasteiger partial charge in [-0.25, -0.2) is 0 Å². The van der Waals surface area contributed by atoms with Gasteiger partial charge in [0, 0.05) is 11.0 Å². The van der Waals surface area contributed by atoms with Crippen molar-refractivity contribution in [2.24, 2.45) is 40.9 Å². The molecule has 0 aromatic carbocycles. The van der Waals surface area contributed by atoms with Crippen molar-refractivity contribution in [3.05, 3.63) is 0 Å². The van der Waals surface area contributed by atoms with Crippen LogP contribution in [0.5, 0.6) is 0 Å². The van der Waals surface area contributed by atoms with E-state index in [4.69, 9.17) is 0 Å². The van der Waals surface area contributed by atoms with Crippen LogP contribution in [0.2, 0.25) is 0 Å². The zero-order valence-electron chi connectivity index (χ0n) is 15.1. The number of hydrogen-bond acceptors (Lipinski definition) is 2. The fourth-order valence-corrected chi connectivity index (χ4v) is 9.23. The van der Waals surface area contributed by atoms with Crippen molar-refractivity contribution < 1.29 is 4.79 Å². The van der Waals surface area contributed by atoms with E-state index in [1.54, 1.807) is 0 Å². The predicted octanol–water partition coefficient (Wildman–Crippen LogP) is 4.33. The molecular weight excluding hydrogens is 294 g/mol. The largest absolute Gasteiger partial charge is 0.304 e. The van der Waals surface area contributed by atoms with Crippen molar-refractivity contribution in [2.45, 2.75) is 82.6 Å². The van der Waals surface area contributed by atoms with E-state index < -0.39 is 0 Å². The highest BCUT2D eigenvalue weighted by Crippen LogP contribution is 2.60. The van der Waals surface area contributed by atoms with Gasteiger partial charge in [-0.3, -0.25) is 4.79 Å². The van der Waals surface area contributed by atoms with E-state index >= 15 is 0 Å². The number of carbonyl (C=O) groups is 1. The smallest absolute Gasteiger partial charge is 0.152 e. The van der Waals surface area contributed by atoms with Gasteiger partial charge in [0.1, 0.15) is 0 Å². The Morgan fingerprint density at radius 3 is 1.46 bits per heavy atom. The van der Waals surface area contributed by atoms with E-state index in [0.29, 0.717) is 17.9 Å². The fraction of sp³-hybridized carbons (Fsp3) is 0.955. The molecule has 8 bridgehead atoms. The Morgan fingerprint density at radius 2 is 1.04 bits per heavy atom. The molecule has 1 N–H and O–H groups in total. The van der Waals surface area contributed by atoms with Crippen molar-refractivity contribution in [2.75, 3.05) is 6.54 Å². The summed E-state index contributed by atoms with van der Waals surface area (Å²) >= 11 is 0. The Morgan fingerprint density at radius 1 is 0.667 bits per heavy atom. The molecule has 132 valence electrons. The Labute approximate surface area is 146 Å². The summed E-state index contributed by atoms with van der Waals surface area (Å²) in [4.78, 5) is 13.3. The van der Waals surface area contributed by atoms with Crippen LogP contribution in [0, 0.1) is 40.9 Å². The lowest BCUT2D eigenvalue weighted by Gasteiger charge is -2.58. The summed E-state index contributed by atoms with van der Waals surface area (Å²) < 4.78 is 0. The highest BCUT2D eigenvalue weighted by Gasteiger charge is 2.55. The maximum absolute atomic E-state index is 13.3. The number of rotatable bonds is 4. The van der Waals surface area contributed by atoms with Crippen LogP contribution in [-0.4, -0.2) is 17.9 Å². The molecule has 0 radical (unpaired) electrons. The van der Waals surface area contributed by atoms with E-state index in [2.05, 4.69) is 5.32 Å². The van der Waals surface area contributed by atoms with Crippen LogP contribution in [0.25, 0.3) is 0 Å². The normalized spacial score (nSPS) is 56.8. The van der Waals surface area contributed by atoms with Crippen molar-refractivity contribution >= 4 is 5.78 Å². The topological polar surface area (TPSA) is 29.1 Å². The summed E-state index contributed by atoms with van der Waals surface area (Å²) in [5.74, 6) is 6.19. The molecule has 8 aliphatic rings. The van der Waals surface area contributed by atoms with Crippen LogP contribution in [0.1, 0.15) is 77.0 Å². The Balaban J connectivity index is 1.17. The minimum absolute atomic E-state index is 0.101. The van der Waals surface area contributed by atoms with Gasteiger partial charge in [-0.1, -0.05) is 0 Å². The quantitative estimate of drug-likeness (QED) is 0.832. The number of hydrogen-bond donors (Lipinski definition) is 1. The van der Waals surface area contributed by atoms with Crippen LogP contribution in [0.3, 0.4) is 0 Å². The van der Waals surface area contributed by atoms with Gasteiger partial charge in [0.2, 0.25) is 0 Å². The molecule has 0 saturated heterocycles. The second-order valence-electron chi connectivity index (χ2n) is 11.2. The van der Waals surface area contributed by atoms with Crippen molar-refractivity contribution in [3.63, 3.8) is 0 Å². The van der Waals surface area contributed by atoms with E-state index in [-0.39, 0.29) is 5.41 Å². The first kappa shape index (κ1) is 14.8. The lowest BCUT2D eigenvalue weighted by atomic mass is 9.48. The molecule has 24 heavy (non-hydrogen) atoms. The summed E-state index contributed by atoms with van der Waals surface area (Å²) in [5.41, 5.74) is 0.455. The monoisotopic (exact) mass is 327 g/mol. The third kappa shape index (κ3) is 2.14. The standard InChI is InChI=1S/C22H33NO/c24-20(21-7-14-1-15(8-21)3-16(2-14)9-21)13-23-22-10-17-4-18(11-22)6-19(5-17)12-22/h14-19,23H,1-13H2. The number of ketones is 1. The maximum atomic E-state index is 13.3. The molecule has 8 fully saturated rings. The first-order chi connectivity index (χ1) is 11.6. The van der Waals surface area contributed by atoms with Crippen LogP contribution in [0.15, 0.2) is 0 Å². The summed E-state index contributed by atoms with van der Waals surface area (Å²) in [5, 5.41) is 3.90. The number of carbonyl (C=O) groups excluding carboxylic acids is 1. The first-order valence-corrected chi connectivity index (χ1v) is 10.9. The summed E-state index contributed by atoms with van der Waals surface area (Å²) in [6, 6.07) is 0. The van der Waals surface area contributed by atoms with E-state index in [1.807, 2.05) is 0 Å². The predicted molar refractivity (Wildman–Crippen MR) is 94.5 cm³/mol. The molecule has 0 unspecified atom stereocenters. The van der Waals surface area contributed by atoms with Gasteiger partial charge in [0.25, 0.3) is 0 Å². The molecule has 8 rings (SSSR count). The van der Waals surface area contributed by atoms with Gasteiger partial charge in [0.05, 0.1) is 6.54 Å². The first-order valence-electron chi connectivity index (χ1n) is 10.9. The molecule has 0 aliphatic heterocycles. The van der Waals surface area contributed by atoms with Crippen molar-refractivity contribution in [1.29, 1.82) is 0 Å². The molecule has 0 spiro atoms. The van der Waals surface area contributed by atoms with Crippen molar-refractivity contribution in [1.82, 2.24) is 5.32 Å². The van der Waals surface area contributed by atoms with Gasteiger partial charge in [-0.05, 0) is 113 Å². The van der Waals surface area contributed by atoms with Gasteiger partial charge in [-0.2, -0.15) is 0 Å². The van der Waals surface area contributed by atoms with Crippen LogP contribution in [-0.2, 0) is 4.79 Å². The molecule has 0 amide bonds. The Hall–Kier alpha value is -0.370. The molecular formula is C22H33NO. The lowest BCUT2D eigenvalue weighted by molar-refractivity contribution is -0.144. The number of nitrogens with one attached hydrogen (secondary N) is 1. The van der Waals surface area contributed by atoms with Gasteiger partial charge in [0.15, 0.2) is 5.78 Å². The Kier molecular flexibility index (Phi) is 3.00. The molecule has 2 nitrogen and oxygen atoms in total. The number of Topliss-reactive ketones (excluding diaryl/α,β-unsaturated/α-hetero) is 1. The third-order valence-electron chi connectivity index (χ3n) is 9.29. The highest BCUT2D eigenvalue weighted by molar-refractivity contribution is 5.87. The fourth-order valence-electron chi connectivity index (χ4n) is 9.23. The lowest BCUT2D eigenvalue weighted by Crippen LogP contribution is -2.60. The minimum atomic E-state index is 0.101. The average Bonchev–Trinajstić information content (AvgIpc) is 2.50. The van der Waals surface area contributed by atoms with E-state index in [9.17, 15) is 4.79 Å². The molecule has 0 aromatic heterocycles. The zero-order chi connectivity index (χ0) is 15.9. The van der Waals surface area contributed by atoms with Crippen LogP contribution in [0.4, 0.5) is 0 Å². The molecule has 0 aromatic rings. The average molecular weight is 328 g/mol. The molecule has 8 saturated carbocycles. The summed E-state index contributed by atoms with van der Waals surface area (Å²) in [6.45, 7) is 0.693. The molecule has 8 aliphatic carbocycles. The third-order valence-corrected chi connectivity index (χ3v) is 9.29. The van der Waals surface area contributed by atoms with Crippen molar-refractivity contribution in [3.8, 4) is 0 Å². The molecule has 2 heteroatoms. The minimum Gasteiger partial charge on any atom is -0.304 e. The second-order valence-corrected chi connectivity index (χ2v) is 11.2. The maximum Gasteiger partial charge on any atom is 0.152 e. The van der Waals surface area contributed by atoms with Gasteiger partial charge >= 0.3 is 0 Å². The van der Waals surface area contributed by atoms with Gasteiger partial charge < -0.3 is 5.32 Å². The summed E-state index contributed by atoms with van der Waals surface area (Å²) in [6.07, 6.45) is 16.6. The van der Waals surface area contributed by atoms with Gasteiger partial charge in [-0.15, -0.1) is 0 Å².